The molecule has 4 nitrogen and oxygen atoms in total. The number of para-hydroxylation sites is 1. The van der Waals surface area contributed by atoms with Crippen LogP contribution in [0, 0.1) is 0 Å². The van der Waals surface area contributed by atoms with Crippen LogP contribution in [0.5, 0.6) is 11.5 Å². The zero-order valence-corrected chi connectivity index (χ0v) is 10.5. The first-order valence-electron chi connectivity index (χ1n) is 6.08. The van der Waals surface area contributed by atoms with E-state index in [0.717, 1.165) is 17.1 Å². The Bertz CT molecular complexity index is 527. The van der Waals surface area contributed by atoms with Gasteiger partial charge in [0.05, 0.1) is 19.4 Å². The topological polar surface area (TPSA) is 53.8 Å². The first-order chi connectivity index (χ1) is 9.38. The van der Waals surface area contributed by atoms with Crippen molar-refractivity contribution in [3.63, 3.8) is 0 Å². The standard InChI is InChI=1S/C15H16N2O2/c18-10-9-16-17-12-13-5-4-8-15(11-13)19-14-6-2-1-3-7-14/h1-8,11-12,16,18H,9-10H2. The Morgan fingerprint density at radius 3 is 2.63 bits per heavy atom. The highest BCUT2D eigenvalue weighted by atomic mass is 16.5. The molecule has 0 atom stereocenters. The molecular weight excluding hydrogens is 240 g/mol. The molecule has 0 amide bonds. The zero-order chi connectivity index (χ0) is 13.3. The van der Waals surface area contributed by atoms with E-state index < -0.39 is 0 Å². The molecule has 2 aromatic rings. The average Bonchev–Trinajstić information content (AvgIpc) is 2.45. The summed E-state index contributed by atoms with van der Waals surface area (Å²) in [6.07, 6.45) is 1.69. The van der Waals surface area contributed by atoms with Crippen LogP contribution in [0.4, 0.5) is 0 Å². The molecule has 0 aliphatic heterocycles. The molecule has 2 aromatic carbocycles. The van der Waals surface area contributed by atoms with Gasteiger partial charge < -0.3 is 15.3 Å². The van der Waals surface area contributed by atoms with Crippen LogP contribution in [-0.4, -0.2) is 24.5 Å². The van der Waals surface area contributed by atoms with Crippen LogP contribution >= 0.6 is 0 Å². The third-order valence-electron chi connectivity index (χ3n) is 2.37. The number of aliphatic hydroxyl groups excluding tert-OH is 1. The van der Waals surface area contributed by atoms with Crippen molar-refractivity contribution in [3.8, 4) is 11.5 Å². The number of nitrogens with one attached hydrogen (secondary N) is 1. The summed E-state index contributed by atoms with van der Waals surface area (Å²) >= 11 is 0. The van der Waals surface area contributed by atoms with E-state index in [4.69, 9.17) is 9.84 Å². The van der Waals surface area contributed by atoms with Crippen LogP contribution in [-0.2, 0) is 0 Å². The molecule has 0 heterocycles. The molecule has 0 unspecified atom stereocenters. The lowest BCUT2D eigenvalue weighted by Crippen LogP contribution is -2.11. The Morgan fingerprint density at radius 2 is 1.84 bits per heavy atom. The Morgan fingerprint density at radius 1 is 1.05 bits per heavy atom. The van der Waals surface area contributed by atoms with Gasteiger partial charge in [-0.25, -0.2) is 0 Å². The molecule has 0 fully saturated rings. The largest absolute Gasteiger partial charge is 0.457 e. The number of aliphatic hydroxyl groups is 1. The lowest BCUT2D eigenvalue weighted by Gasteiger charge is -2.05. The number of ether oxygens (including phenoxy) is 1. The van der Waals surface area contributed by atoms with Gasteiger partial charge in [0.1, 0.15) is 11.5 Å². The molecular formula is C15H16N2O2. The van der Waals surface area contributed by atoms with E-state index >= 15 is 0 Å². The molecule has 0 bridgehead atoms. The summed E-state index contributed by atoms with van der Waals surface area (Å²) in [5.74, 6) is 1.56. The Balaban J connectivity index is 2.01. The molecule has 2 N–H and O–H groups in total. The minimum atomic E-state index is 0.0640. The van der Waals surface area contributed by atoms with Gasteiger partial charge in [-0.3, -0.25) is 0 Å². The third kappa shape index (κ3) is 4.44. The molecule has 19 heavy (non-hydrogen) atoms. The van der Waals surface area contributed by atoms with Crippen molar-refractivity contribution in [1.29, 1.82) is 0 Å². The highest BCUT2D eigenvalue weighted by Crippen LogP contribution is 2.21. The Labute approximate surface area is 112 Å². The minimum Gasteiger partial charge on any atom is -0.457 e. The maximum absolute atomic E-state index is 8.62. The van der Waals surface area contributed by atoms with E-state index in [1.165, 1.54) is 0 Å². The number of hydrogen-bond acceptors (Lipinski definition) is 4. The quantitative estimate of drug-likeness (QED) is 0.474. The van der Waals surface area contributed by atoms with E-state index in [9.17, 15) is 0 Å². The molecule has 0 radical (unpaired) electrons. The normalized spacial score (nSPS) is 10.6. The molecule has 4 heteroatoms. The van der Waals surface area contributed by atoms with E-state index in [2.05, 4.69) is 10.5 Å². The van der Waals surface area contributed by atoms with E-state index in [1.807, 2.05) is 54.6 Å². The van der Waals surface area contributed by atoms with Crippen LogP contribution < -0.4 is 10.2 Å². The number of nitrogens with zero attached hydrogens (tertiary/aromatic N) is 1. The summed E-state index contributed by atoms with van der Waals surface area (Å²) in [5.41, 5.74) is 3.66. The maximum atomic E-state index is 8.62. The second-order valence-corrected chi connectivity index (χ2v) is 3.88. The predicted molar refractivity (Wildman–Crippen MR) is 75.6 cm³/mol. The van der Waals surface area contributed by atoms with Gasteiger partial charge in [-0.2, -0.15) is 5.10 Å². The molecule has 98 valence electrons. The van der Waals surface area contributed by atoms with Crippen molar-refractivity contribution in [1.82, 2.24) is 5.43 Å². The highest BCUT2D eigenvalue weighted by Gasteiger charge is 1.97. The SMILES string of the molecule is OCCNN=Cc1cccc(Oc2ccccc2)c1. The fraction of sp³-hybridized carbons (Fsp3) is 0.133. The number of hydrogen-bond donors (Lipinski definition) is 2. The van der Waals surface area contributed by atoms with Gasteiger partial charge in [-0.15, -0.1) is 0 Å². The minimum absolute atomic E-state index is 0.0640. The smallest absolute Gasteiger partial charge is 0.128 e. The van der Waals surface area contributed by atoms with Crippen LogP contribution in [0.25, 0.3) is 0 Å². The van der Waals surface area contributed by atoms with Crippen LogP contribution in [0.15, 0.2) is 59.7 Å². The van der Waals surface area contributed by atoms with Crippen molar-refractivity contribution in [2.24, 2.45) is 5.10 Å². The molecule has 0 spiro atoms. The van der Waals surface area contributed by atoms with Crippen molar-refractivity contribution in [2.45, 2.75) is 0 Å². The van der Waals surface area contributed by atoms with E-state index in [0.29, 0.717) is 6.54 Å². The Kier molecular flexibility index (Phi) is 4.96. The summed E-state index contributed by atoms with van der Waals surface area (Å²) in [7, 11) is 0. The molecule has 2 rings (SSSR count). The molecule has 0 aliphatic carbocycles. The van der Waals surface area contributed by atoms with Crippen molar-refractivity contribution >= 4 is 6.21 Å². The number of benzene rings is 2. The highest BCUT2D eigenvalue weighted by molar-refractivity contribution is 5.80. The molecule has 0 saturated heterocycles. The molecule has 0 saturated carbocycles. The van der Waals surface area contributed by atoms with E-state index in [1.54, 1.807) is 6.21 Å². The second kappa shape index (κ2) is 7.18. The van der Waals surface area contributed by atoms with Crippen molar-refractivity contribution in [3.05, 3.63) is 60.2 Å². The fourth-order valence-corrected chi connectivity index (χ4v) is 1.52. The number of rotatable bonds is 6. The van der Waals surface area contributed by atoms with Gasteiger partial charge in [0.25, 0.3) is 0 Å². The van der Waals surface area contributed by atoms with Gasteiger partial charge >= 0.3 is 0 Å². The van der Waals surface area contributed by atoms with Gasteiger partial charge in [0, 0.05) is 0 Å². The predicted octanol–water partition coefficient (Wildman–Crippen LogP) is 2.39. The molecule has 0 aromatic heterocycles. The summed E-state index contributed by atoms with van der Waals surface area (Å²) in [4.78, 5) is 0. The average molecular weight is 256 g/mol. The first kappa shape index (κ1) is 13.1. The van der Waals surface area contributed by atoms with Crippen LogP contribution in [0.2, 0.25) is 0 Å². The fourth-order valence-electron chi connectivity index (χ4n) is 1.52. The van der Waals surface area contributed by atoms with E-state index in [-0.39, 0.29) is 6.61 Å². The van der Waals surface area contributed by atoms with Gasteiger partial charge in [0.15, 0.2) is 0 Å². The van der Waals surface area contributed by atoms with Crippen molar-refractivity contribution in [2.75, 3.05) is 13.2 Å². The number of hydrazone groups is 1. The molecule has 0 aliphatic rings. The monoisotopic (exact) mass is 256 g/mol. The first-order valence-corrected chi connectivity index (χ1v) is 6.08. The van der Waals surface area contributed by atoms with Crippen LogP contribution in [0.1, 0.15) is 5.56 Å². The van der Waals surface area contributed by atoms with Gasteiger partial charge in [-0.1, -0.05) is 30.3 Å². The van der Waals surface area contributed by atoms with Gasteiger partial charge in [0.2, 0.25) is 0 Å². The zero-order valence-electron chi connectivity index (χ0n) is 10.5. The summed E-state index contributed by atoms with van der Waals surface area (Å²) < 4.78 is 5.72. The lowest BCUT2D eigenvalue weighted by atomic mass is 10.2. The van der Waals surface area contributed by atoms with Gasteiger partial charge in [-0.05, 0) is 29.8 Å². The summed E-state index contributed by atoms with van der Waals surface area (Å²) in [6, 6.07) is 17.3. The summed E-state index contributed by atoms with van der Waals surface area (Å²) in [6.45, 7) is 0.505. The maximum Gasteiger partial charge on any atom is 0.128 e. The van der Waals surface area contributed by atoms with Crippen LogP contribution in [0.3, 0.4) is 0 Å². The second-order valence-electron chi connectivity index (χ2n) is 3.88. The third-order valence-corrected chi connectivity index (χ3v) is 2.37. The summed E-state index contributed by atoms with van der Waals surface area (Å²) in [5, 5.41) is 12.6. The lowest BCUT2D eigenvalue weighted by molar-refractivity contribution is 0.294. The Hall–Kier alpha value is -2.33. The van der Waals surface area contributed by atoms with Crippen molar-refractivity contribution < 1.29 is 9.84 Å².